The Morgan fingerprint density at radius 1 is 0.903 bits per heavy atom. The predicted molar refractivity (Wildman–Crippen MR) is 125 cm³/mol. The lowest BCUT2D eigenvalue weighted by Gasteiger charge is -2.13. The third-order valence-corrected chi connectivity index (χ3v) is 5.43. The predicted octanol–water partition coefficient (Wildman–Crippen LogP) is 5.43. The first-order valence-corrected chi connectivity index (χ1v) is 10.4. The molecule has 0 aliphatic rings. The molecule has 1 aromatic heterocycles. The lowest BCUT2D eigenvalue weighted by Crippen LogP contribution is -2.26. The molecule has 4 aromatic rings. The van der Waals surface area contributed by atoms with Gasteiger partial charge < -0.3 is 14.6 Å². The fourth-order valence-electron chi connectivity index (χ4n) is 3.78. The first-order valence-electron chi connectivity index (χ1n) is 10.4. The SMILES string of the molecule is COc1ccc(-c2cc(C(=O)NCCc3ccccc3)c(C)n2-c2ccccc2)cc1. The summed E-state index contributed by atoms with van der Waals surface area (Å²) >= 11 is 0. The Kier molecular flexibility index (Phi) is 6.18. The normalized spacial score (nSPS) is 10.6. The van der Waals surface area contributed by atoms with E-state index in [1.165, 1.54) is 5.56 Å². The van der Waals surface area contributed by atoms with Crippen molar-refractivity contribution < 1.29 is 9.53 Å². The highest BCUT2D eigenvalue weighted by Gasteiger charge is 2.19. The van der Waals surface area contributed by atoms with E-state index >= 15 is 0 Å². The number of hydrogen-bond acceptors (Lipinski definition) is 2. The Bertz CT molecular complexity index is 1150. The van der Waals surface area contributed by atoms with E-state index in [2.05, 4.69) is 34.1 Å². The van der Waals surface area contributed by atoms with E-state index in [-0.39, 0.29) is 5.91 Å². The van der Waals surface area contributed by atoms with Crippen LogP contribution in [0.1, 0.15) is 21.6 Å². The first kappa shape index (κ1) is 20.5. The Morgan fingerprint density at radius 3 is 2.19 bits per heavy atom. The molecule has 0 unspecified atom stereocenters. The molecule has 0 saturated carbocycles. The van der Waals surface area contributed by atoms with Gasteiger partial charge >= 0.3 is 0 Å². The highest BCUT2D eigenvalue weighted by atomic mass is 16.5. The fraction of sp³-hybridized carbons (Fsp3) is 0.148. The number of carbonyl (C=O) groups is 1. The van der Waals surface area contributed by atoms with Crippen molar-refractivity contribution in [2.45, 2.75) is 13.3 Å². The highest BCUT2D eigenvalue weighted by Crippen LogP contribution is 2.30. The molecule has 0 fully saturated rings. The number of benzene rings is 3. The Hall–Kier alpha value is -3.79. The second-order valence-electron chi connectivity index (χ2n) is 7.42. The van der Waals surface area contributed by atoms with Crippen LogP contribution in [-0.4, -0.2) is 24.1 Å². The van der Waals surface area contributed by atoms with Crippen molar-refractivity contribution in [1.29, 1.82) is 0 Å². The van der Waals surface area contributed by atoms with Crippen molar-refractivity contribution in [2.75, 3.05) is 13.7 Å². The molecule has 0 bridgehead atoms. The standard InChI is InChI=1S/C27H26N2O2/c1-20-25(27(30)28-18-17-21-9-5-3-6-10-21)19-26(22-13-15-24(31-2)16-14-22)29(20)23-11-7-4-8-12-23/h3-16,19H,17-18H2,1-2H3,(H,28,30). The summed E-state index contributed by atoms with van der Waals surface area (Å²) in [5.41, 5.74) is 5.82. The van der Waals surface area contributed by atoms with Crippen LogP contribution in [0.25, 0.3) is 16.9 Å². The number of para-hydroxylation sites is 1. The van der Waals surface area contributed by atoms with Crippen LogP contribution in [0.15, 0.2) is 91.0 Å². The van der Waals surface area contributed by atoms with E-state index in [0.717, 1.165) is 34.8 Å². The molecule has 0 aliphatic heterocycles. The average molecular weight is 411 g/mol. The van der Waals surface area contributed by atoms with Gasteiger partial charge in [0, 0.05) is 17.9 Å². The maximum Gasteiger partial charge on any atom is 0.253 e. The van der Waals surface area contributed by atoms with Gasteiger partial charge in [0.25, 0.3) is 5.91 Å². The maximum absolute atomic E-state index is 13.0. The number of nitrogens with zero attached hydrogens (tertiary/aromatic N) is 1. The molecule has 4 heteroatoms. The van der Waals surface area contributed by atoms with E-state index in [1.54, 1.807) is 7.11 Å². The molecule has 31 heavy (non-hydrogen) atoms. The van der Waals surface area contributed by atoms with Gasteiger partial charge in [-0.2, -0.15) is 0 Å². The van der Waals surface area contributed by atoms with E-state index in [4.69, 9.17) is 4.74 Å². The number of nitrogens with one attached hydrogen (secondary N) is 1. The van der Waals surface area contributed by atoms with Crippen LogP contribution in [0.5, 0.6) is 5.75 Å². The van der Waals surface area contributed by atoms with E-state index in [9.17, 15) is 4.79 Å². The molecule has 0 radical (unpaired) electrons. The molecule has 0 spiro atoms. The zero-order valence-corrected chi connectivity index (χ0v) is 17.8. The molecule has 1 amide bonds. The van der Waals surface area contributed by atoms with Crippen LogP contribution >= 0.6 is 0 Å². The molecular formula is C27H26N2O2. The van der Waals surface area contributed by atoms with Gasteiger partial charge in [-0.25, -0.2) is 0 Å². The van der Waals surface area contributed by atoms with Crippen LogP contribution in [0.2, 0.25) is 0 Å². The van der Waals surface area contributed by atoms with Crippen molar-refractivity contribution >= 4 is 5.91 Å². The monoisotopic (exact) mass is 410 g/mol. The lowest BCUT2D eigenvalue weighted by molar-refractivity contribution is 0.0953. The van der Waals surface area contributed by atoms with Gasteiger partial charge in [-0.3, -0.25) is 4.79 Å². The quantitative estimate of drug-likeness (QED) is 0.441. The van der Waals surface area contributed by atoms with Gasteiger partial charge in [-0.05, 0) is 66.9 Å². The second-order valence-corrected chi connectivity index (χ2v) is 7.42. The number of methoxy groups -OCH3 is 1. The van der Waals surface area contributed by atoms with Crippen LogP contribution in [0, 0.1) is 6.92 Å². The Balaban J connectivity index is 1.65. The minimum absolute atomic E-state index is 0.0575. The maximum atomic E-state index is 13.0. The van der Waals surface area contributed by atoms with Gasteiger partial charge in [0.2, 0.25) is 0 Å². The fourth-order valence-corrected chi connectivity index (χ4v) is 3.78. The minimum atomic E-state index is -0.0575. The molecule has 3 aromatic carbocycles. The average Bonchev–Trinajstić information content (AvgIpc) is 3.17. The highest BCUT2D eigenvalue weighted by molar-refractivity contribution is 5.97. The van der Waals surface area contributed by atoms with Crippen molar-refractivity contribution in [3.8, 4) is 22.7 Å². The Labute approximate surface area is 183 Å². The van der Waals surface area contributed by atoms with Crippen molar-refractivity contribution in [2.24, 2.45) is 0 Å². The summed E-state index contributed by atoms with van der Waals surface area (Å²) < 4.78 is 7.43. The summed E-state index contributed by atoms with van der Waals surface area (Å²) in [6.45, 7) is 2.59. The topological polar surface area (TPSA) is 43.3 Å². The summed E-state index contributed by atoms with van der Waals surface area (Å²) in [4.78, 5) is 13.0. The molecule has 0 aliphatic carbocycles. The number of aromatic nitrogens is 1. The van der Waals surface area contributed by atoms with E-state index < -0.39 is 0 Å². The number of hydrogen-bond donors (Lipinski definition) is 1. The van der Waals surface area contributed by atoms with Gasteiger partial charge in [0.1, 0.15) is 5.75 Å². The zero-order valence-electron chi connectivity index (χ0n) is 17.8. The van der Waals surface area contributed by atoms with E-state index in [0.29, 0.717) is 12.1 Å². The summed E-state index contributed by atoms with van der Waals surface area (Å²) in [7, 11) is 1.66. The van der Waals surface area contributed by atoms with Gasteiger partial charge in [0.05, 0.1) is 18.4 Å². The smallest absolute Gasteiger partial charge is 0.253 e. The molecule has 4 rings (SSSR count). The van der Waals surface area contributed by atoms with Gasteiger partial charge in [-0.1, -0.05) is 48.5 Å². The zero-order chi connectivity index (χ0) is 21.6. The summed E-state index contributed by atoms with van der Waals surface area (Å²) in [6.07, 6.45) is 0.802. The molecule has 1 N–H and O–H groups in total. The Morgan fingerprint density at radius 2 is 1.55 bits per heavy atom. The van der Waals surface area contributed by atoms with Crippen LogP contribution in [0.3, 0.4) is 0 Å². The van der Waals surface area contributed by atoms with Crippen molar-refractivity contribution in [3.05, 3.63) is 108 Å². The molecular weight excluding hydrogens is 384 g/mol. The third kappa shape index (κ3) is 4.53. The van der Waals surface area contributed by atoms with Crippen LogP contribution in [-0.2, 0) is 6.42 Å². The van der Waals surface area contributed by atoms with Crippen molar-refractivity contribution in [1.82, 2.24) is 9.88 Å². The minimum Gasteiger partial charge on any atom is -0.497 e. The summed E-state index contributed by atoms with van der Waals surface area (Å²) in [5, 5.41) is 3.08. The largest absolute Gasteiger partial charge is 0.497 e. The molecule has 0 atom stereocenters. The number of carbonyl (C=O) groups excluding carboxylic acids is 1. The molecule has 4 nitrogen and oxygen atoms in total. The lowest BCUT2D eigenvalue weighted by atomic mass is 10.1. The second kappa shape index (κ2) is 9.35. The molecule has 1 heterocycles. The van der Waals surface area contributed by atoms with Crippen molar-refractivity contribution in [3.63, 3.8) is 0 Å². The van der Waals surface area contributed by atoms with Gasteiger partial charge in [0.15, 0.2) is 0 Å². The number of ether oxygens (including phenoxy) is 1. The van der Waals surface area contributed by atoms with Crippen LogP contribution in [0.4, 0.5) is 0 Å². The number of rotatable bonds is 7. The van der Waals surface area contributed by atoms with Crippen LogP contribution < -0.4 is 10.1 Å². The number of amides is 1. The summed E-state index contributed by atoms with van der Waals surface area (Å²) in [6, 6.07) is 30.2. The molecule has 156 valence electrons. The third-order valence-electron chi connectivity index (χ3n) is 5.43. The molecule has 0 saturated heterocycles. The van der Waals surface area contributed by atoms with Gasteiger partial charge in [-0.15, -0.1) is 0 Å². The summed E-state index contributed by atoms with van der Waals surface area (Å²) in [5.74, 6) is 0.745. The first-order chi connectivity index (χ1) is 15.2. The van der Waals surface area contributed by atoms with E-state index in [1.807, 2.05) is 73.7 Å².